The van der Waals surface area contributed by atoms with Crippen LogP contribution in [0.4, 0.5) is 0 Å². The second-order valence-corrected chi connectivity index (χ2v) is 5.66. The van der Waals surface area contributed by atoms with Crippen LogP contribution in [-0.4, -0.2) is 46.7 Å². The maximum absolute atomic E-state index is 9.76. The van der Waals surface area contributed by atoms with Crippen molar-refractivity contribution >= 4 is 35.6 Å². The van der Waals surface area contributed by atoms with E-state index in [1.807, 2.05) is 0 Å². The van der Waals surface area contributed by atoms with Gasteiger partial charge in [-0.1, -0.05) is 12.1 Å². The van der Waals surface area contributed by atoms with Gasteiger partial charge in [-0.05, 0) is 35.4 Å². The number of hydrogen-bond acceptors (Lipinski definition) is 4. The Bertz CT molecular complexity index is 695. The maximum Gasteiger partial charge on any atom is 0.124 e. The summed E-state index contributed by atoms with van der Waals surface area (Å²) >= 11 is 11.5. The Labute approximate surface area is 178 Å². The largest absolute Gasteiger partial charge is 0.507 e. The fourth-order valence-electron chi connectivity index (χ4n) is 2.02. The average Bonchev–Trinajstić information content (AvgIpc) is 2.60. The molecule has 1 radical (unpaired) electrons. The Balaban J connectivity index is 0. The predicted octanol–water partition coefficient (Wildman–Crippen LogP) is 2.46. The van der Waals surface area contributed by atoms with Gasteiger partial charge in [0, 0.05) is 52.1 Å². The number of rotatable bonds is 7. The third-order valence-electron chi connectivity index (χ3n) is 3.31. The van der Waals surface area contributed by atoms with Crippen molar-refractivity contribution in [2.75, 3.05) is 13.1 Å². The Morgan fingerprint density at radius 3 is 1.44 bits per heavy atom. The number of benzene rings is 2. The molecule has 0 spiro atoms. The number of phenols is 2. The van der Waals surface area contributed by atoms with E-state index in [1.54, 1.807) is 48.8 Å². The molecule has 0 bridgehead atoms. The van der Waals surface area contributed by atoms with Gasteiger partial charge in [0.25, 0.3) is 0 Å². The molecule has 2 aromatic rings. The SMILES string of the molecule is O.O.Oc1ccc(CCl)cc1C=NCCN=Cc1cc(CCl)ccc1O.[Co]. The van der Waals surface area contributed by atoms with E-state index in [9.17, 15) is 10.2 Å². The van der Waals surface area contributed by atoms with E-state index in [2.05, 4.69) is 9.98 Å². The third kappa shape index (κ3) is 8.74. The molecule has 151 valence electrons. The molecule has 0 saturated carbocycles. The zero-order valence-corrected chi connectivity index (χ0v) is 16.9. The molecule has 2 rings (SSSR count). The summed E-state index contributed by atoms with van der Waals surface area (Å²) in [6.45, 7) is 0.938. The van der Waals surface area contributed by atoms with E-state index in [4.69, 9.17) is 23.2 Å². The van der Waals surface area contributed by atoms with Crippen LogP contribution in [0.25, 0.3) is 0 Å². The fourth-order valence-corrected chi connectivity index (χ4v) is 2.35. The Morgan fingerprint density at radius 2 is 1.11 bits per heavy atom. The second kappa shape index (κ2) is 14.4. The zero-order chi connectivity index (χ0) is 17.4. The number of hydrogen-bond donors (Lipinski definition) is 2. The van der Waals surface area contributed by atoms with Crippen LogP contribution >= 0.6 is 23.2 Å². The molecular weight excluding hydrogens is 438 g/mol. The van der Waals surface area contributed by atoms with Crippen molar-refractivity contribution in [2.45, 2.75) is 11.8 Å². The van der Waals surface area contributed by atoms with Crippen LogP contribution in [-0.2, 0) is 28.5 Å². The normalized spacial score (nSPS) is 10.3. The van der Waals surface area contributed by atoms with Gasteiger partial charge in [-0.25, -0.2) is 0 Å². The number of nitrogens with zero attached hydrogens (tertiary/aromatic N) is 2. The average molecular weight is 460 g/mol. The summed E-state index contributed by atoms with van der Waals surface area (Å²) in [7, 11) is 0. The van der Waals surface area contributed by atoms with Crippen molar-refractivity contribution in [3.63, 3.8) is 0 Å². The zero-order valence-electron chi connectivity index (χ0n) is 14.3. The van der Waals surface area contributed by atoms with E-state index >= 15 is 0 Å². The first-order valence-corrected chi connectivity index (χ1v) is 8.46. The maximum atomic E-state index is 9.76. The van der Waals surface area contributed by atoms with Crippen molar-refractivity contribution < 1.29 is 37.9 Å². The Hall–Kier alpha value is -1.61. The van der Waals surface area contributed by atoms with Gasteiger partial charge in [-0.3, -0.25) is 9.98 Å². The molecule has 6 N–H and O–H groups in total. The van der Waals surface area contributed by atoms with E-state index in [0.717, 1.165) is 11.1 Å². The molecule has 0 aromatic heterocycles. The van der Waals surface area contributed by atoms with E-state index < -0.39 is 0 Å². The third-order valence-corrected chi connectivity index (χ3v) is 3.93. The standard InChI is InChI=1S/C18H18Cl2N2O2.Co.2H2O/c19-9-13-1-3-17(23)15(7-13)11-21-5-6-22-12-16-8-14(10-20)2-4-18(16)24;;;/h1-4,7-8,11-12,23-24H,5-6,9-10H2;;2*1H2. The minimum Gasteiger partial charge on any atom is -0.507 e. The van der Waals surface area contributed by atoms with Crippen LogP contribution < -0.4 is 0 Å². The van der Waals surface area contributed by atoms with Gasteiger partial charge < -0.3 is 21.2 Å². The molecule has 6 nitrogen and oxygen atoms in total. The van der Waals surface area contributed by atoms with Gasteiger partial charge in [0.2, 0.25) is 0 Å². The van der Waals surface area contributed by atoms with Crippen LogP contribution in [0.5, 0.6) is 11.5 Å². The molecular formula is C18H22Cl2CoN2O4. The van der Waals surface area contributed by atoms with Crippen LogP contribution in [0.2, 0.25) is 0 Å². The summed E-state index contributed by atoms with van der Waals surface area (Å²) in [6.07, 6.45) is 3.21. The van der Waals surface area contributed by atoms with Crippen molar-refractivity contribution in [3.05, 3.63) is 58.7 Å². The number of alkyl halides is 2. The van der Waals surface area contributed by atoms with Gasteiger partial charge in [0.1, 0.15) is 11.5 Å². The van der Waals surface area contributed by atoms with Crippen LogP contribution in [0, 0.1) is 0 Å². The predicted molar refractivity (Wildman–Crippen MR) is 107 cm³/mol. The fraction of sp³-hybridized carbons (Fsp3) is 0.222. The Kier molecular flexibility index (Phi) is 14.8. The number of phenolic OH excluding ortho intramolecular Hbond substituents is 2. The smallest absolute Gasteiger partial charge is 0.124 e. The summed E-state index contributed by atoms with van der Waals surface area (Å²) in [4.78, 5) is 8.48. The molecule has 0 unspecified atom stereocenters. The number of aromatic hydroxyl groups is 2. The van der Waals surface area contributed by atoms with Crippen LogP contribution in [0.3, 0.4) is 0 Å². The van der Waals surface area contributed by atoms with Crippen LogP contribution in [0.15, 0.2) is 46.4 Å². The molecule has 0 heterocycles. The molecule has 0 aliphatic carbocycles. The van der Waals surface area contributed by atoms with Crippen molar-refractivity contribution in [3.8, 4) is 11.5 Å². The summed E-state index contributed by atoms with van der Waals surface area (Å²) in [6, 6.07) is 10.3. The second-order valence-electron chi connectivity index (χ2n) is 5.12. The van der Waals surface area contributed by atoms with Crippen LogP contribution in [0.1, 0.15) is 22.3 Å². The molecule has 2 aromatic carbocycles. The molecule has 0 atom stereocenters. The topological polar surface area (TPSA) is 128 Å². The molecule has 0 aliphatic rings. The number of halogens is 2. The summed E-state index contributed by atoms with van der Waals surface area (Å²) < 4.78 is 0. The van der Waals surface area contributed by atoms with E-state index in [0.29, 0.717) is 36.0 Å². The van der Waals surface area contributed by atoms with Crippen molar-refractivity contribution in [2.24, 2.45) is 9.98 Å². The van der Waals surface area contributed by atoms with Gasteiger partial charge in [0.15, 0.2) is 0 Å². The Morgan fingerprint density at radius 1 is 0.741 bits per heavy atom. The molecule has 0 fully saturated rings. The molecule has 9 heteroatoms. The summed E-state index contributed by atoms with van der Waals surface area (Å²) in [5.41, 5.74) is 3.10. The summed E-state index contributed by atoms with van der Waals surface area (Å²) in [5, 5.41) is 19.5. The van der Waals surface area contributed by atoms with Crippen molar-refractivity contribution in [1.29, 1.82) is 0 Å². The summed E-state index contributed by atoms with van der Waals surface area (Å²) in [5.74, 6) is 1.10. The van der Waals surface area contributed by atoms with Gasteiger partial charge >= 0.3 is 0 Å². The van der Waals surface area contributed by atoms with Crippen molar-refractivity contribution in [1.82, 2.24) is 0 Å². The molecule has 27 heavy (non-hydrogen) atoms. The number of aliphatic imine (C=N–C) groups is 2. The first kappa shape index (κ1) is 27.6. The van der Waals surface area contributed by atoms with Gasteiger partial charge in [-0.15, -0.1) is 23.2 Å². The minimum absolute atomic E-state index is 0. The van der Waals surface area contributed by atoms with E-state index in [1.165, 1.54) is 0 Å². The minimum atomic E-state index is 0. The molecule has 0 amide bonds. The first-order chi connectivity index (χ1) is 11.6. The monoisotopic (exact) mass is 459 g/mol. The van der Waals surface area contributed by atoms with Gasteiger partial charge in [-0.2, -0.15) is 0 Å². The quantitative estimate of drug-likeness (QED) is 0.374. The van der Waals surface area contributed by atoms with E-state index in [-0.39, 0.29) is 39.2 Å². The molecule has 0 aliphatic heterocycles. The van der Waals surface area contributed by atoms with Gasteiger partial charge in [0.05, 0.1) is 13.1 Å². The first-order valence-electron chi connectivity index (χ1n) is 7.39. The molecule has 0 saturated heterocycles.